The maximum absolute atomic E-state index is 13.0. The molecule has 0 bridgehead atoms. The lowest BCUT2D eigenvalue weighted by Crippen LogP contribution is -2.52. The number of thioether (sulfide) groups is 2. The third-order valence-electron chi connectivity index (χ3n) is 8.73. The van der Waals surface area contributed by atoms with Crippen LogP contribution in [0, 0.1) is 35.0 Å². The Bertz CT molecular complexity index is 644. The summed E-state index contributed by atoms with van der Waals surface area (Å²) in [6.45, 7) is 6.30. The van der Waals surface area contributed by atoms with Crippen molar-refractivity contribution in [1.29, 1.82) is 0 Å². The molecule has 5 aliphatic rings. The lowest BCUT2D eigenvalue weighted by Gasteiger charge is -2.57. The molecule has 0 aromatic rings. The fourth-order valence-electron chi connectivity index (χ4n) is 7.74. The lowest BCUT2D eigenvalue weighted by atomic mass is 9.48. The zero-order chi connectivity index (χ0) is 20.6. The Balaban J connectivity index is 0.000000994. The van der Waals surface area contributed by atoms with E-state index in [1.165, 1.54) is 55.8 Å². The van der Waals surface area contributed by atoms with Gasteiger partial charge in [0.05, 0.1) is 4.08 Å². The van der Waals surface area contributed by atoms with Gasteiger partial charge in [-0.25, -0.2) is 0 Å². The SMILES string of the molecule is CC.CCC12CC(CSI)C3C4CCC5(C=C4CCC3C1CCC2=O)SCCS5. The molecule has 0 radical (unpaired) electrons. The van der Waals surface area contributed by atoms with Gasteiger partial charge in [0.2, 0.25) is 0 Å². The highest BCUT2D eigenvalue weighted by atomic mass is 127. The summed E-state index contributed by atoms with van der Waals surface area (Å²) >= 11 is 6.93. The maximum Gasteiger partial charge on any atom is 0.139 e. The number of rotatable bonds is 3. The van der Waals surface area contributed by atoms with Gasteiger partial charge >= 0.3 is 0 Å². The number of carbonyl (C=O) groups excluding carboxylic acids is 1. The van der Waals surface area contributed by atoms with Gasteiger partial charge in [-0.3, -0.25) is 4.79 Å². The summed E-state index contributed by atoms with van der Waals surface area (Å²) < 4.78 is 0.428. The van der Waals surface area contributed by atoms with Gasteiger partial charge in [0.15, 0.2) is 0 Å². The molecule has 5 heteroatoms. The van der Waals surface area contributed by atoms with E-state index < -0.39 is 0 Å². The summed E-state index contributed by atoms with van der Waals surface area (Å²) in [4.78, 5) is 13.0. The fourth-order valence-corrected chi connectivity index (χ4v) is 12.8. The van der Waals surface area contributed by atoms with Crippen molar-refractivity contribution in [2.24, 2.45) is 35.0 Å². The third kappa shape index (κ3) is 3.92. The van der Waals surface area contributed by atoms with Crippen LogP contribution in [0.4, 0.5) is 0 Å². The van der Waals surface area contributed by atoms with Crippen molar-refractivity contribution in [3.05, 3.63) is 11.6 Å². The van der Waals surface area contributed by atoms with Crippen molar-refractivity contribution in [1.82, 2.24) is 0 Å². The van der Waals surface area contributed by atoms with Crippen LogP contribution in [0.1, 0.15) is 72.1 Å². The Labute approximate surface area is 203 Å². The first-order valence-corrected chi connectivity index (χ1v) is 17.4. The van der Waals surface area contributed by atoms with Gasteiger partial charge in [0.1, 0.15) is 5.78 Å². The number of halogens is 1. The molecule has 1 saturated heterocycles. The summed E-state index contributed by atoms with van der Waals surface area (Å²) in [7, 11) is 2.00. The van der Waals surface area contributed by atoms with E-state index in [0.29, 0.717) is 15.8 Å². The second-order valence-electron chi connectivity index (χ2n) is 9.47. The van der Waals surface area contributed by atoms with E-state index in [0.717, 1.165) is 36.5 Å². The predicted molar refractivity (Wildman–Crippen MR) is 141 cm³/mol. The molecule has 164 valence electrons. The standard InChI is InChI=1S/C22H31IOS3.C2H6/c1-2-21-11-15(13-27-23)20-16-7-8-22(25-9-10-26-22)12-14(16)3-4-17(20)18(21)5-6-19(21)24;1-2/h12,15-18,20H,2-11,13H2,1H3;1-2H3. The Kier molecular flexibility index (Phi) is 7.72. The molecule has 5 rings (SSSR count). The van der Waals surface area contributed by atoms with E-state index in [4.69, 9.17) is 0 Å². The smallest absolute Gasteiger partial charge is 0.139 e. The molecular formula is C24H37IOS3. The second-order valence-corrected chi connectivity index (χ2v) is 15.0. The van der Waals surface area contributed by atoms with Gasteiger partial charge in [-0.15, -0.1) is 23.5 Å². The quantitative estimate of drug-likeness (QED) is 0.255. The van der Waals surface area contributed by atoms with Crippen molar-refractivity contribution in [2.75, 3.05) is 17.3 Å². The van der Waals surface area contributed by atoms with E-state index >= 15 is 0 Å². The monoisotopic (exact) mass is 564 g/mol. The van der Waals surface area contributed by atoms with Crippen molar-refractivity contribution in [3.8, 4) is 0 Å². The van der Waals surface area contributed by atoms with Crippen LogP contribution >= 0.6 is 53.7 Å². The molecule has 0 aromatic heterocycles. The van der Waals surface area contributed by atoms with Crippen LogP contribution in [0.2, 0.25) is 0 Å². The fraction of sp³-hybridized carbons (Fsp3) is 0.875. The molecule has 0 aromatic carbocycles. The lowest BCUT2D eigenvalue weighted by molar-refractivity contribution is -0.136. The normalized spacial score (nSPS) is 42.4. The third-order valence-corrected chi connectivity index (χ3v) is 13.8. The summed E-state index contributed by atoms with van der Waals surface area (Å²) in [6, 6.07) is 0. The average Bonchev–Trinajstić information content (AvgIpc) is 3.34. The van der Waals surface area contributed by atoms with Crippen molar-refractivity contribution >= 4 is 59.4 Å². The number of fused-ring (bicyclic) bond motifs is 5. The second kappa shape index (κ2) is 9.59. The van der Waals surface area contributed by atoms with Gasteiger partial charge in [-0.1, -0.05) is 41.4 Å². The molecule has 1 spiro atoms. The molecule has 6 atom stereocenters. The van der Waals surface area contributed by atoms with E-state index in [1.807, 2.05) is 28.4 Å². The van der Waals surface area contributed by atoms with E-state index in [-0.39, 0.29) is 5.41 Å². The Morgan fingerprint density at radius 3 is 2.62 bits per heavy atom. The summed E-state index contributed by atoms with van der Waals surface area (Å²) in [6.07, 6.45) is 12.6. The zero-order valence-electron chi connectivity index (χ0n) is 18.3. The number of Topliss-reactive ketones (excluding diaryl/α,β-unsaturated/α-hetero) is 1. The molecular weight excluding hydrogens is 527 g/mol. The highest BCUT2D eigenvalue weighted by Gasteiger charge is 2.60. The van der Waals surface area contributed by atoms with Crippen molar-refractivity contribution in [2.45, 2.75) is 76.2 Å². The van der Waals surface area contributed by atoms with Crippen LogP contribution < -0.4 is 0 Å². The number of hydrogen-bond acceptors (Lipinski definition) is 4. The van der Waals surface area contributed by atoms with E-state index in [1.54, 1.807) is 0 Å². The number of allylic oxidation sites excluding steroid dienone is 1. The molecule has 6 unspecified atom stereocenters. The van der Waals surface area contributed by atoms with Crippen LogP contribution in [0.25, 0.3) is 0 Å². The summed E-state index contributed by atoms with van der Waals surface area (Å²) in [5.74, 6) is 8.50. The molecule has 4 aliphatic carbocycles. The topological polar surface area (TPSA) is 17.1 Å². The summed E-state index contributed by atoms with van der Waals surface area (Å²) in [5.41, 5.74) is 1.87. The van der Waals surface area contributed by atoms with Crippen LogP contribution in [0.15, 0.2) is 11.6 Å². The predicted octanol–water partition coefficient (Wildman–Crippen LogP) is 8.03. The Morgan fingerprint density at radius 2 is 1.93 bits per heavy atom. The molecule has 29 heavy (non-hydrogen) atoms. The Hall–Kier alpha value is 1.19. The first-order valence-electron chi connectivity index (χ1n) is 11.9. The number of ketones is 1. The maximum atomic E-state index is 13.0. The first-order chi connectivity index (χ1) is 14.1. The number of hydrogen-bond donors (Lipinski definition) is 0. The van der Waals surface area contributed by atoms with Gasteiger partial charge in [-0.2, -0.15) is 0 Å². The van der Waals surface area contributed by atoms with Gasteiger partial charge < -0.3 is 0 Å². The van der Waals surface area contributed by atoms with E-state index in [2.05, 4.69) is 57.7 Å². The average molecular weight is 565 g/mol. The zero-order valence-corrected chi connectivity index (χ0v) is 22.9. The van der Waals surface area contributed by atoms with Crippen molar-refractivity contribution < 1.29 is 4.79 Å². The molecule has 4 fully saturated rings. The highest BCUT2D eigenvalue weighted by Crippen LogP contribution is 2.65. The molecule has 1 heterocycles. The van der Waals surface area contributed by atoms with E-state index in [9.17, 15) is 4.79 Å². The minimum Gasteiger partial charge on any atom is -0.299 e. The summed E-state index contributed by atoms with van der Waals surface area (Å²) in [5, 5.41) is 0. The van der Waals surface area contributed by atoms with Crippen LogP contribution in [0.5, 0.6) is 0 Å². The van der Waals surface area contributed by atoms with Crippen LogP contribution in [0.3, 0.4) is 0 Å². The highest BCUT2D eigenvalue weighted by molar-refractivity contribution is 14.2. The van der Waals surface area contributed by atoms with Crippen LogP contribution in [-0.2, 0) is 4.79 Å². The van der Waals surface area contributed by atoms with Gasteiger partial charge in [0, 0.05) is 29.1 Å². The molecule has 0 N–H and O–H groups in total. The first kappa shape index (κ1) is 23.4. The molecule has 1 nitrogen and oxygen atoms in total. The molecule has 3 saturated carbocycles. The van der Waals surface area contributed by atoms with Crippen LogP contribution in [-0.4, -0.2) is 27.1 Å². The molecule has 0 amide bonds. The number of carbonyl (C=O) groups is 1. The largest absolute Gasteiger partial charge is 0.299 e. The minimum atomic E-state index is 0.0481. The minimum absolute atomic E-state index is 0.0481. The van der Waals surface area contributed by atoms with Gasteiger partial charge in [0.25, 0.3) is 0 Å². The van der Waals surface area contributed by atoms with Gasteiger partial charge in [-0.05, 0) is 95.7 Å². The van der Waals surface area contributed by atoms with Crippen molar-refractivity contribution in [3.63, 3.8) is 0 Å². The Morgan fingerprint density at radius 1 is 1.17 bits per heavy atom. The molecule has 1 aliphatic heterocycles.